The second-order valence-electron chi connectivity index (χ2n) is 5.43. The van der Waals surface area contributed by atoms with Crippen molar-refractivity contribution in [3.8, 4) is 11.3 Å². The molecule has 1 heterocycles. The number of hydrogen-bond donors (Lipinski definition) is 1. The van der Waals surface area contributed by atoms with Crippen LogP contribution in [0.3, 0.4) is 0 Å². The number of carbonyl (C=O) groups is 1. The summed E-state index contributed by atoms with van der Waals surface area (Å²) in [4.78, 5) is 16.1. The smallest absolute Gasteiger partial charge is 0.223 e. The lowest BCUT2D eigenvalue weighted by atomic mass is 9.84. The highest BCUT2D eigenvalue weighted by Crippen LogP contribution is 2.28. The fourth-order valence-electron chi connectivity index (χ4n) is 2.30. The molecule has 4 nitrogen and oxygen atoms in total. The number of oxazole rings is 1. The molecule has 0 radical (unpaired) electrons. The molecule has 21 heavy (non-hydrogen) atoms. The van der Waals surface area contributed by atoms with Crippen LogP contribution in [0.15, 0.2) is 34.9 Å². The predicted molar refractivity (Wildman–Crippen MR) is 75.8 cm³/mol. The molecule has 0 spiro atoms. The van der Waals surface area contributed by atoms with E-state index in [1.54, 1.807) is 18.3 Å². The lowest BCUT2D eigenvalue weighted by molar-refractivity contribution is -0.128. The van der Waals surface area contributed by atoms with E-state index in [1.807, 2.05) is 6.92 Å². The highest BCUT2D eigenvalue weighted by molar-refractivity contribution is 5.79. The van der Waals surface area contributed by atoms with Gasteiger partial charge in [-0.3, -0.25) is 4.79 Å². The standard InChI is InChI=1S/C16H17FN2O2/c1-10(19-15(20)12-3-2-4-12)16-18-9-14(21-16)11-5-7-13(17)8-6-11/h5-10,12H,2-4H2,1H3,(H,19,20). The van der Waals surface area contributed by atoms with Crippen LogP contribution in [-0.4, -0.2) is 10.9 Å². The molecule has 1 atom stereocenters. The summed E-state index contributed by atoms with van der Waals surface area (Å²) < 4.78 is 18.6. The maximum atomic E-state index is 12.9. The van der Waals surface area contributed by atoms with E-state index in [2.05, 4.69) is 10.3 Å². The van der Waals surface area contributed by atoms with E-state index in [9.17, 15) is 9.18 Å². The lowest BCUT2D eigenvalue weighted by Gasteiger charge is -2.25. The van der Waals surface area contributed by atoms with Crippen molar-refractivity contribution in [2.75, 3.05) is 0 Å². The third-order valence-electron chi connectivity index (χ3n) is 3.86. The quantitative estimate of drug-likeness (QED) is 0.937. The minimum atomic E-state index is -0.292. The molecule has 1 aromatic heterocycles. The minimum absolute atomic E-state index is 0.0651. The van der Waals surface area contributed by atoms with E-state index in [0.717, 1.165) is 24.8 Å². The summed E-state index contributed by atoms with van der Waals surface area (Å²) in [6, 6.07) is 5.75. The van der Waals surface area contributed by atoms with Crippen molar-refractivity contribution in [2.45, 2.75) is 32.2 Å². The van der Waals surface area contributed by atoms with Gasteiger partial charge in [0.15, 0.2) is 5.76 Å². The Labute approximate surface area is 122 Å². The van der Waals surface area contributed by atoms with Crippen molar-refractivity contribution in [3.05, 3.63) is 42.2 Å². The van der Waals surface area contributed by atoms with Gasteiger partial charge < -0.3 is 9.73 Å². The summed E-state index contributed by atoms with van der Waals surface area (Å²) in [6.07, 6.45) is 4.64. The number of amides is 1. The van der Waals surface area contributed by atoms with Gasteiger partial charge in [0.25, 0.3) is 0 Å². The normalized spacial score (nSPS) is 16.3. The van der Waals surface area contributed by atoms with E-state index in [-0.39, 0.29) is 23.7 Å². The first-order valence-electron chi connectivity index (χ1n) is 7.15. The Morgan fingerprint density at radius 2 is 2.10 bits per heavy atom. The molecule has 5 heteroatoms. The van der Waals surface area contributed by atoms with Crippen LogP contribution < -0.4 is 5.32 Å². The second-order valence-corrected chi connectivity index (χ2v) is 5.43. The zero-order valence-corrected chi connectivity index (χ0v) is 11.8. The average molecular weight is 288 g/mol. The van der Waals surface area contributed by atoms with Crippen LogP contribution in [0.5, 0.6) is 0 Å². The van der Waals surface area contributed by atoms with Gasteiger partial charge in [-0.15, -0.1) is 0 Å². The van der Waals surface area contributed by atoms with E-state index in [1.165, 1.54) is 12.1 Å². The van der Waals surface area contributed by atoms with E-state index in [0.29, 0.717) is 11.7 Å². The van der Waals surface area contributed by atoms with Crippen LogP contribution >= 0.6 is 0 Å². The van der Waals surface area contributed by atoms with Gasteiger partial charge in [-0.25, -0.2) is 9.37 Å². The molecule has 1 aromatic carbocycles. The van der Waals surface area contributed by atoms with Crippen LogP contribution in [0.25, 0.3) is 11.3 Å². The summed E-state index contributed by atoms with van der Waals surface area (Å²) in [5.41, 5.74) is 0.757. The highest BCUT2D eigenvalue weighted by Gasteiger charge is 2.27. The van der Waals surface area contributed by atoms with Gasteiger partial charge in [0, 0.05) is 11.5 Å². The Balaban J connectivity index is 1.68. The molecule has 110 valence electrons. The molecule has 0 bridgehead atoms. The van der Waals surface area contributed by atoms with Crippen LogP contribution in [0.1, 0.15) is 38.1 Å². The zero-order valence-electron chi connectivity index (χ0n) is 11.8. The zero-order chi connectivity index (χ0) is 14.8. The number of hydrogen-bond acceptors (Lipinski definition) is 3. The molecule has 1 fully saturated rings. The third-order valence-corrected chi connectivity index (χ3v) is 3.86. The molecule has 1 unspecified atom stereocenters. The Bertz CT molecular complexity index is 632. The summed E-state index contributed by atoms with van der Waals surface area (Å²) in [5.74, 6) is 0.936. The number of halogens is 1. The largest absolute Gasteiger partial charge is 0.438 e. The second kappa shape index (κ2) is 5.68. The van der Waals surface area contributed by atoms with Crippen molar-refractivity contribution in [2.24, 2.45) is 5.92 Å². The number of aromatic nitrogens is 1. The van der Waals surface area contributed by atoms with Crippen LogP contribution in [0, 0.1) is 11.7 Å². The van der Waals surface area contributed by atoms with E-state index in [4.69, 9.17) is 4.42 Å². The molecule has 1 aliphatic rings. The molecule has 3 rings (SSSR count). The van der Waals surface area contributed by atoms with Gasteiger partial charge in [0.1, 0.15) is 11.9 Å². The first-order valence-corrected chi connectivity index (χ1v) is 7.15. The lowest BCUT2D eigenvalue weighted by Crippen LogP contribution is -2.36. The third kappa shape index (κ3) is 2.96. The molecular formula is C16H17FN2O2. The monoisotopic (exact) mass is 288 g/mol. The molecule has 1 aliphatic carbocycles. The van der Waals surface area contributed by atoms with Crippen LogP contribution in [0.2, 0.25) is 0 Å². The molecule has 0 aliphatic heterocycles. The number of carbonyl (C=O) groups excluding carboxylic acids is 1. The van der Waals surface area contributed by atoms with Crippen molar-refractivity contribution in [1.29, 1.82) is 0 Å². The van der Waals surface area contributed by atoms with Gasteiger partial charge in [0.05, 0.1) is 6.20 Å². The van der Waals surface area contributed by atoms with Gasteiger partial charge in [-0.2, -0.15) is 0 Å². The van der Waals surface area contributed by atoms with E-state index < -0.39 is 0 Å². The summed E-state index contributed by atoms with van der Waals surface area (Å²) >= 11 is 0. The van der Waals surface area contributed by atoms with Gasteiger partial charge in [0.2, 0.25) is 11.8 Å². The first kappa shape index (κ1) is 13.8. The number of rotatable bonds is 4. The van der Waals surface area contributed by atoms with Gasteiger partial charge >= 0.3 is 0 Å². The van der Waals surface area contributed by atoms with E-state index >= 15 is 0 Å². The highest BCUT2D eigenvalue weighted by atomic mass is 19.1. The molecule has 0 saturated heterocycles. The van der Waals surface area contributed by atoms with Crippen molar-refractivity contribution < 1.29 is 13.6 Å². The van der Waals surface area contributed by atoms with Crippen molar-refractivity contribution >= 4 is 5.91 Å². The van der Waals surface area contributed by atoms with Crippen LogP contribution in [0.4, 0.5) is 4.39 Å². The topological polar surface area (TPSA) is 55.1 Å². The fraction of sp³-hybridized carbons (Fsp3) is 0.375. The summed E-state index contributed by atoms with van der Waals surface area (Å²) in [7, 11) is 0. The molecule has 1 saturated carbocycles. The van der Waals surface area contributed by atoms with Gasteiger partial charge in [-0.1, -0.05) is 6.42 Å². The summed E-state index contributed by atoms with van der Waals surface area (Å²) in [5, 5.41) is 2.92. The molecule has 2 aromatic rings. The SMILES string of the molecule is CC(NC(=O)C1CCC1)c1ncc(-c2ccc(F)cc2)o1. The van der Waals surface area contributed by atoms with Crippen molar-refractivity contribution in [3.63, 3.8) is 0 Å². The Morgan fingerprint density at radius 3 is 2.71 bits per heavy atom. The Kier molecular flexibility index (Phi) is 3.73. The molecule has 1 N–H and O–H groups in total. The fourth-order valence-corrected chi connectivity index (χ4v) is 2.30. The first-order chi connectivity index (χ1) is 10.1. The van der Waals surface area contributed by atoms with Gasteiger partial charge in [-0.05, 0) is 44.0 Å². The number of nitrogens with zero attached hydrogens (tertiary/aromatic N) is 1. The molecular weight excluding hydrogens is 271 g/mol. The minimum Gasteiger partial charge on any atom is -0.438 e. The van der Waals surface area contributed by atoms with Crippen molar-refractivity contribution in [1.82, 2.24) is 10.3 Å². The summed E-state index contributed by atoms with van der Waals surface area (Å²) in [6.45, 7) is 1.84. The maximum Gasteiger partial charge on any atom is 0.223 e. The Morgan fingerprint density at radius 1 is 1.38 bits per heavy atom. The Hall–Kier alpha value is -2.17. The predicted octanol–water partition coefficient (Wildman–Crippen LogP) is 3.46. The average Bonchev–Trinajstić information content (AvgIpc) is 2.87. The number of nitrogens with one attached hydrogen (secondary N) is 1. The molecule has 1 amide bonds. The maximum absolute atomic E-state index is 12.9. The number of benzene rings is 1. The van der Waals surface area contributed by atoms with Crippen LogP contribution in [-0.2, 0) is 4.79 Å².